The van der Waals surface area contributed by atoms with E-state index >= 15 is 0 Å². The molecule has 2 aromatic heterocycles. The number of benzene rings is 1. The third-order valence-corrected chi connectivity index (χ3v) is 4.71. The van der Waals surface area contributed by atoms with Crippen LogP contribution in [0.25, 0.3) is 5.69 Å². The highest BCUT2D eigenvalue weighted by Crippen LogP contribution is 2.32. The van der Waals surface area contributed by atoms with Crippen LogP contribution in [0.3, 0.4) is 0 Å². The fourth-order valence-corrected chi connectivity index (χ4v) is 3.45. The van der Waals surface area contributed by atoms with Gasteiger partial charge in [0.25, 0.3) is 5.91 Å². The number of hydrogen-bond donors (Lipinski definition) is 0. The number of carbonyl (C=O) groups is 1. The zero-order valence-corrected chi connectivity index (χ0v) is 14.5. The van der Waals surface area contributed by atoms with Gasteiger partial charge in [0.05, 0.1) is 24.1 Å². The van der Waals surface area contributed by atoms with Crippen LogP contribution in [0.1, 0.15) is 40.4 Å². The highest BCUT2D eigenvalue weighted by atomic mass is 16.2. The van der Waals surface area contributed by atoms with Gasteiger partial charge in [0, 0.05) is 37.1 Å². The molecule has 128 valence electrons. The van der Waals surface area contributed by atoms with Crippen molar-refractivity contribution < 1.29 is 4.79 Å². The van der Waals surface area contributed by atoms with Gasteiger partial charge in [-0.1, -0.05) is 0 Å². The van der Waals surface area contributed by atoms with Gasteiger partial charge in [0.15, 0.2) is 0 Å². The Kier molecular flexibility index (Phi) is 3.87. The molecule has 1 fully saturated rings. The van der Waals surface area contributed by atoms with Crippen LogP contribution in [0.5, 0.6) is 0 Å². The first kappa shape index (κ1) is 15.6. The number of rotatable bonds is 3. The van der Waals surface area contributed by atoms with Crippen LogP contribution in [0.4, 0.5) is 0 Å². The van der Waals surface area contributed by atoms with E-state index in [0.717, 1.165) is 36.2 Å². The van der Waals surface area contributed by atoms with Crippen molar-refractivity contribution in [2.45, 2.75) is 25.8 Å². The Morgan fingerprint density at radius 3 is 2.56 bits per heavy atom. The Bertz CT molecular complexity index is 893. The second kappa shape index (κ2) is 6.20. The maximum atomic E-state index is 13.0. The van der Waals surface area contributed by atoms with Crippen molar-refractivity contribution in [2.75, 3.05) is 6.54 Å². The predicted molar refractivity (Wildman–Crippen MR) is 94.5 cm³/mol. The van der Waals surface area contributed by atoms with E-state index < -0.39 is 0 Å². The van der Waals surface area contributed by atoms with Crippen LogP contribution < -0.4 is 0 Å². The van der Waals surface area contributed by atoms with Crippen LogP contribution in [-0.4, -0.2) is 36.9 Å². The Morgan fingerprint density at radius 1 is 1.12 bits per heavy atom. The van der Waals surface area contributed by atoms with Crippen LogP contribution in [-0.2, 0) is 7.05 Å². The summed E-state index contributed by atoms with van der Waals surface area (Å²) in [5, 5.41) is 8.55. The Balaban J connectivity index is 1.55. The zero-order valence-electron chi connectivity index (χ0n) is 14.5. The molecule has 1 saturated heterocycles. The minimum atomic E-state index is 0.0783. The van der Waals surface area contributed by atoms with Crippen LogP contribution in [0.15, 0.2) is 49.1 Å². The smallest absolute Gasteiger partial charge is 0.254 e. The third kappa shape index (κ3) is 2.95. The van der Waals surface area contributed by atoms with Crippen molar-refractivity contribution in [2.24, 2.45) is 7.05 Å². The van der Waals surface area contributed by atoms with Crippen molar-refractivity contribution in [3.63, 3.8) is 0 Å². The van der Waals surface area contributed by atoms with Gasteiger partial charge in [0.1, 0.15) is 0 Å². The highest BCUT2D eigenvalue weighted by Gasteiger charge is 2.31. The summed E-state index contributed by atoms with van der Waals surface area (Å²) in [5.74, 6) is 0.0783. The molecule has 0 saturated carbocycles. The van der Waals surface area contributed by atoms with Gasteiger partial charge in [-0.15, -0.1) is 0 Å². The second-order valence-corrected chi connectivity index (χ2v) is 6.61. The summed E-state index contributed by atoms with van der Waals surface area (Å²) in [6, 6.07) is 7.76. The first-order chi connectivity index (χ1) is 12.1. The summed E-state index contributed by atoms with van der Waals surface area (Å²) < 4.78 is 3.61. The van der Waals surface area contributed by atoms with Crippen molar-refractivity contribution >= 4 is 5.91 Å². The molecule has 0 radical (unpaired) electrons. The quantitative estimate of drug-likeness (QED) is 0.739. The second-order valence-electron chi connectivity index (χ2n) is 6.61. The zero-order chi connectivity index (χ0) is 17.4. The van der Waals surface area contributed by atoms with E-state index in [1.165, 1.54) is 0 Å². The molecule has 0 N–H and O–H groups in total. The molecule has 0 spiro atoms. The maximum absolute atomic E-state index is 13.0. The van der Waals surface area contributed by atoms with Gasteiger partial charge in [0.2, 0.25) is 0 Å². The number of carbonyl (C=O) groups excluding carboxylic acids is 1. The average Bonchev–Trinajstić information content (AvgIpc) is 3.34. The molecule has 6 heteroatoms. The summed E-state index contributed by atoms with van der Waals surface area (Å²) >= 11 is 0. The lowest BCUT2D eigenvalue weighted by atomic mass is 10.1. The van der Waals surface area contributed by atoms with E-state index in [1.807, 2.05) is 72.6 Å². The monoisotopic (exact) mass is 335 g/mol. The molecule has 1 amide bonds. The summed E-state index contributed by atoms with van der Waals surface area (Å²) in [6.07, 6.45) is 9.66. The van der Waals surface area contributed by atoms with E-state index in [0.29, 0.717) is 5.56 Å². The van der Waals surface area contributed by atoms with Gasteiger partial charge in [-0.2, -0.15) is 10.2 Å². The van der Waals surface area contributed by atoms with Gasteiger partial charge < -0.3 is 4.90 Å². The molecule has 6 nitrogen and oxygen atoms in total. The van der Waals surface area contributed by atoms with Crippen molar-refractivity contribution in [1.29, 1.82) is 0 Å². The van der Waals surface area contributed by atoms with Crippen LogP contribution in [0.2, 0.25) is 0 Å². The molecule has 1 atom stereocenters. The lowest BCUT2D eigenvalue weighted by Crippen LogP contribution is -2.30. The number of aromatic nitrogens is 4. The molecule has 0 aliphatic carbocycles. The first-order valence-corrected chi connectivity index (χ1v) is 8.53. The van der Waals surface area contributed by atoms with E-state index in [9.17, 15) is 4.79 Å². The van der Waals surface area contributed by atoms with E-state index in [-0.39, 0.29) is 11.9 Å². The topological polar surface area (TPSA) is 56.0 Å². The lowest BCUT2D eigenvalue weighted by Gasteiger charge is -2.24. The lowest BCUT2D eigenvalue weighted by molar-refractivity contribution is 0.0735. The van der Waals surface area contributed by atoms with E-state index in [2.05, 4.69) is 10.2 Å². The fourth-order valence-electron chi connectivity index (χ4n) is 3.45. The molecule has 3 aromatic rings. The molecule has 1 aliphatic rings. The number of nitrogens with zero attached hydrogens (tertiary/aromatic N) is 5. The summed E-state index contributed by atoms with van der Waals surface area (Å²) in [5.41, 5.74) is 3.88. The van der Waals surface area contributed by atoms with E-state index in [4.69, 9.17) is 0 Å². The van der Waals surface area contributed by atoms with Crippen molar-refractivity contribution in [1.82, 2.24) is 24.5 Å². The Hall–Kier alpha value is -2.89. The SMILES string of the molecule is Cc1cnn(-c2ccc(C(=O)N3CCCC3c3cnn(C)c3)cc2)c1. The third-order valence-electron chi connectivity index (χ3n) is 4.71. The van der Waals surface area contributed by atoms with Gasteiger partial charge in [-0.25, -0.2) is 4.68 Å². The first-order valence-electron chi connectivity index (χ1n) is 8.53. The number of likely N-dealkylation sites (tertiary alicyclic amines) is 1. The van der Waals surface area contributed by atoms with Gasteiger partial charge >= 0.3 is 0 Å². The molecule has 1 aliphatic heterocycles. The molecular weight excluding hydrogens is 314 g/mol. The number of aryl methyl sites for hydroxylation is 2. The van der Waals surface area contributed by atoms with Crippen LogP contribution >= 0.6 is 0 Å². The highest BCUT2D eigenvalue weighted by molar-refractivity contribution is 5.94. The van der Waals surface area contributed by atoms with Crippen LogP contribution in [0, 0.1) is 6.92 Å². The van der Waals surface area contributed by atoms with Gasteiger partial charge in [-0.05, 0) is 49.6 Å². The van der Waals surface area contributed by atoms with Gasteiger partial charge in [-0.3, -0.25) is 9.48 Å². The summed E-state index contributed by atoms with van der Waals surface area (Å²) in [7, 11) is 1.90. The summed E-state index contributed by atoms with van der Waals surface area (Å²) in [6.45, 7) is 2.80. The van der Waals surface area contributed by atoms with E-state index in [1.54, 1.807) is 4.68 Å². The minimum absolute atomic E-state index is 0.0783. The molecule has 4 rings (SSSR count). The molecule has 3 heterocycles. The molecule has 0 bridgehead atoms. The standard InChI is InChI=1S/C19H21N5O/c1-14-10-21-24(12-14)17-7-5-15(6-8-17)19(25)23-9-3-4-18(23)16-11-20-22(2)13-16/h5-8,10-13,18H,3-4,9H2,1-2H3. The Morgan fingerprint density at radius 2 is 1.92 bits per heavy atom. The summed E-state index contributed by atoms with van der Waals surface area (Å²) in [4.78, 5) is 14.9. The number of amides is 1. The normalized spacial score (nSPS) is 17.2. The predicted octanol–water partition coefficient (Wildman–Crippen LogP) is 2.89. The minimum Gasteiger partial charge on any atom is -0.331 e. The average molecular weight is 335 g/mol. The molecular formula is C19H21N5O. The number of hydrogen-bond acceptors (Lipinski definition) is 3. The Labute approximate surface area is 146 Å². The maximum Gasteiger partial charge on any atom is 0.254 e. The fraction of sp³-hybridized carbons (Fsp3) is 0.316. The molecule has 25 heavy (non-hydrogen) atoms. The van der Waals surface area contributed by atoms with Crippen molar-refractivity contribution in [3.8, 4) is 5.69 Å². The molecule has 1 aromatic carbocycles. The van der Waals surface area contributed by atoms with Crippen molar-refractivity contribution in [3.05, 3.63) is 65.7 Å². The largest absolute Gasteiger partial charge is 0.331 e. The molecule has 1 unspecified atom stereocenters.